The third kappa shape index (κ3) is 4.13. The fraction of sp³-hybridized carbons (Fsp3) is 0.583. The van der Waals surface area contributed by atoms with Crippen LogP contribution in [0.3, 0.4) is 0 Å². The summed E-state index contributed by atoms with van der Waals surface area (Å²) in [6, 6.07) is 7.36. The number of hydrogen-bond acceptors (Lipinski definition) is 4. The first-order chi connectivity index (χ1) is 15.5. The number of aromatic nitrogens is 2. The minimum absolute atomic E-state index is 0.338. The average Bonchev–Trinajstić information content (AvgIpc) is 3.22. The molecule has 172 valence electrons. The van der Waals surface area contributed by atoms with Crippen molar-refractivity contribution in [1.29, 1.82) is 0 Å². The molecule has 8 heteroatoms. The van der Waals surface area contributed by atoms with Gasteiger partial charge >= 0.3 is 6.09 Å². The van der Waals surface area contributed by atoms with E-state index in [4.69, 9.17) is 4.98 Å². The van der Waals surface area contributed by atoms with E-state index in [0.29, 0.717) is 30.1 Å². The molecule has 4 atom stereocenters. The van der Waals surface area contributed by atoms with Gasteiger partial charge in [0.2, 0.25) is 0 Å². The Kier molecular flexibility index (Phi) is 5.90. The van der Waals surface area contributed by atoms with Gasteiger partial charge in [-0.25, -0.2) is 14.2 Å². The Labute approximate surface area is 188 Å². The molecule has 4 heterocycles. The molecule has 0 radical (unpaired) electrons. The summed E-state index contributed by atoms with van der Waals surface area (Å²) in [5.41, 5.74) is 3.31. The summed E-state index contributed by atoms with van der Waals surface area (Å²) < 4.78 is 16.2. The van der Waals surface area contributed by atoms with Crippen LogP contribution in [0.15, 0.2) is 24.3 Å². The van der Waals surface area contributed by atoms with Crippen molar-refractivity contribution in [3.8, 4) is 0 Å². The van der Waals surface area contributed by atoms with Crippen LogP contribution in [0.4, 0.5) is 9.18 Å². The maximum Gasteiger partial charge on any atom is 0.405 e. The van der Waals surface area contributed by atoms with Gasteiger partial charge in [-0.2, -0.15) is 0 Å². The molecule has 0 unspecified atom stereocenters. The number of imidazole rings is 1. The molecule has 32 heavy (non-hydrogen) atoms. The van der Waals surface area contributed by atoms with E-state index in [0.717, 1.165) is 44.7 Å². The zero-order chi connectivity index (χ0) is 22.2. The van der Waals surface area contributed by atoms with Crippen molar-refractivity contribution in [3.05, 3.63) is 52.9 Å². The largest absolute Gasteiger partial charge is 0.465 e. The Hall–Kier alpha value is -2.45. The molecule has 1 aromatic heterocycles. The number of carbonyl (C=O) groups is 1. The molecule has 0 aliphatic carbocycles. The van der Waals surface area contributed by atoms with E-state index in [1.807, 2.05) is 0 Å². The number of hydrogen-bond donors (Lipinski definition) is 3. The number of carboxylic acid groups (broad SMARTS) is 1. The van der Waals surface area contributed by atoms with Gasteiger partial charge < -0.3 is 20.3 Å². The van der Waals surface area contributed by atoms with Crippen LogP contribution in [0.25, 0.3) is 0 Å². The highest BCUT2D eigenvalue weighted by Crippen LogP contribution is 2.42. The third-order valence-electron chi connectivity index (χ3n) is 7.55. The predicted molar refractivity (Wildman–Crippen MR) is 119 cm³/mol. The molecule has 2 fully saturated rings. The molecular formula is C24H32FN5O2. The number of halogens is 1. The van der Waals surface area contributed by atoms with Crippen LogP contribution in [-0.4, -0.2) is 50.8 Å². The van der Waals surface area contributed by atoms with Crippen LogP contribution in [-0.2, 0) is 13.0 Å². The van der Waals surface area contributed by atoms with E-state index in [1.165, 1.54) is 36.4 Å². The van der Waals surface area contributed by atoms with E-state index in [9.17, 15) is 14.3 Å². The maximum absolute atomic E-state index is 13.7. The van der Waals surface area contributed by atoms with Gasteiger partial charge in [0.05, 0.1) is 11.7 Å². The zero-order valence-electron chi connectivity index (χ0n) is 18.6. The molecule has 3 aliphatic rings. The van der Waals surface area contributed by atoms with Gasteiger partial charge in [-0.15, -0.1) is 0 Å². The highest BCUT2D eigenvalue weighted by atomic mass is 19.1. The molecule has 1 aromatic carbocycles. The summed E-state index contributed by atoms with van der Waals surface area (Å²) in [5.74, 6) is 0.795. The van der Waals surface area contributed by atoms with Gasteiger partial charge in [0.25, 0.3) is 0 Å². The van der Waals surface area contributed by atoms with Crippen LogP contribution in [0.5, 0.6) is 0 Å². The van der Waals surface area contributed by atoms with Gasteiger partial charge in [-0.3, -0.25) is 4.90 Å². The molecule has 7 nitrogen and oxygen atoms in total. The van der Waals surface area contributed by atoms with Crippen molar-refractivity contribution in [3.63, 3.8) is 0 Å². The summed E-state index contributed by atoms with van der Waals surface area (Å²) in [6.45, 7) is 4.83. The second-order valence-electron chi connectivity index (χ2n) is 9.44. The standard InChI is InChI=1S/C24H32FN5O2/c1-15-27-22-14-26-9-7-23(22)30(15)20-12-18-5-6-19(13-20)29(18)10-8-21(28-24(31)32)16-3-2-4-17(25)11-16/h2-4,11,18-21,26,28H,5-10,12-14H2,1H3,(H,31,32)/t18-,19+,20+,21-/m0/s1. The summed E-state index contributed by atoms with van der Waals surface area (Å²) in [6.07, 6.45) is 5.22. The Morgan fingerprint density at radius 3 is 2.81 bits per heavy atom. The highest BCUT2D eigenvalue weighted by molar-refractivity contribution is 5.65. The maximum atomic E-state index is 13.7. The number of piperidine rings is 1. The smallest absolute Gasteiger partial charge is 0.405 e. The van der Waals surface area contributed by atoms with Crippen molar-refractivity contribution in [2.75, 3.05) is 13.1 Å². The molecule has 2 aromatic rings. The van der Waals surface area contributed by atoms with Crippen LogP contribution >= 0.6 is 0 Å². The van der Waals surface area contributed by atoms with Crippen LogP contribution in [0.2, 0.25) is 0 Å². The van der Waals surface area contributed by atoms with E-state index < -0.39 is 12.1 Å². The molecular weight excluding hydrogens is 409 g/mol. The molecule has 0 saturated carbocycles. The second-order valence-corrected chi connectivity index (χ2v) is 9.44. The minimum atomic E-state index is -1.07. The summed E-state index contributed by atoms with van der Waals surface area (Å²) >= 11 is 0. The molecule has 1 amide bonds. The quantitative estimate of drug-likeness (QED) is 0.639. The first-order valence-corrected chi connectivity index (χ1v) is 11.8. The van der Waals surface area contributed by atoms with Crippen molar-refractivity contribution in [2.24, 2.45) is 0 Å². The Morgan fingerprint density at radius 2 is 2.09 bits per heavy atom. The summed E-state index contributed by atoms with van der Waals surface area (Å²) in [5, 5.41) is 15.3. The Bertz CT molecular complexity index is 979. The lowest BCUT2D eigenvalue weighted by molar-refractivity contribution is 0.0997. The van der Waals surface area contributed by atoms with E-state index >= 15 is 0 Å². The molecule has 2 bridgehead atoms. The minimum Gasteiger partial charge on any atom is -0.465 e. The first kappa shape index (κ1) is 21.4. The number of rotatable bonds is 6. The number of benzene rings is 1. The number of nitrogens with zero attached hydrogens (tertiary/aromatic N) is 3. The highest BCUT2D eigenvalue weighted by Gasteiger charge is 2.42. The lowest BCUT2D eigenvalue weighted by atomic mass is 9.95. The van der Waals surface area contributed by atoms with Crippen LogP contribution < -0.4 is 10.6 Å². The Morgan fingerprint density at radius 1 is 1.31 bits per heavy atom. The lowest BCUT2D eigenvalue weighted by Crippen LogP contribution is -2.45. The SMILES string of the molecule is Cc1nc2c(n1[C@H]1C[C@H]3CC[C@@H](C1)N3CC[C@H](NC(=O)O)c1cccc(F)c1)CCNC2. The van der Waals surface area contributed by atoms with E-state index in [-0.39, 0.29) is 5.82 Å². The van der Waals surface area contributed by atoms with Crippen molar-refractivity contribution in [1.82, 2.24) is 25.1 Å². The summed E-state index contributed by atoms with van der Waals surface area (Å²) in [4.78, 5) is 18.8. The average molecular weight is 442 g/mol. The zero-order valence-corrected chi connectivity index (χ0v) is 18.6. The molecule has 3 N–H and O–H groups in total. The summed E-state index contributed by atoms with van der Waals surface area (Å²) in [7, 11) is 0. The number of fused-ring (bicyclic) bond motifs is 3. The van der Waals surface area contributed by atoms with Crippen molar-refractivity contribution >= 4 is 6.09 Å². The Balaban J connectivity index is 1.28. The topological polar surface area (TPSA) is 82.4 Å². The predicted octanol–water partition coefficient (Wildman–Crippen LogP) is 3.54. The van der Waals surface area contributed by atoms with E-state index in [1.54, 1.807) is 12.1 Å². The van der Waals surface area contributed by atoms with Gasteiger partial charge in [0.1, 0.15) is 11.6 Å². The number of aryl methyl sites for hydroxylation is 1. The molecule has 5 rings (SSSR count). The van der Waals surface area contributed by atoms with Crippen LogP contribution in [0, 0.1) is 12.7 Å². The van der Waals surface area contributed by atoms with Gasteiger partial charge in [0, 0.05) is 49.9 Å². The second kappa shape index (κ2) is 8.83. The monoisotopic (exact) mass is 441 g/mol. The molecule has 2 saturated heterocycles. The van der Waals surface area contributed by atoms with Gasteiger partial charge in [-0.1, -0.05) is 12.1 Å². The van der Waals surface area contributed by atoms with Crippen molar-refractivity contribution in [2.45, 2.75) is 76.2 Å². The lowest BCUT2D eigenvalue weighted by Gasteiger charge is -2.41. The molecule has 3 aliphatic heterocycles. The number of amides is 1. The fourth-order valence-electron chi connectivity index (χ4n) is 6.25. The first-order valence-electron chi connectivity index (χ1n) is 11.8. The van der Waals surface area contributed by atoms with E-state index in [2.05, 4.69) is 27.0 Å². The van der Waals surface area contributed by atoms with Gasteiger partial charge in [0.15, 0.2) is 0 Å². The van der Waals surface area contributed by atoms with Crippen LogP contribution in [0.1, 0.15) is 67.0 Å². The third-order valence-corrected chi connectivity index (χ3v) is 7.55. The normalized spacial score (nSPS) is 26.0. The fourth-order valence-corrected chi connectivity index (χ4v) is 6.25. The molecule has 0 spiro atoms. The van der Waals surface area contributed by atoms with Gasteiger partial charge in [-0.05, 0) is 56.7 Å². The number of nitrogens with one attached hydrogen (secondary N) is 2. The van der Waals surface area contributed by atoms with Crippen molar-refractivity contribution < 1.29 is 14.3 Å².